The molecule has 2 aliphatic carbocycles. The van der Waals surface area contributed by atoms with E-state index in [-0.39, 0.29) is 18.3 Å². The summed E-state index contributed by atoms with van der Waals surface area (Å²) in [4.78, 5) is 23.6. The van der Waals surface area contributed by atoms with Gasteiger partial charge in [0.15, 0.2) is 0 Å². The number of hydrogen-bond acceptors (Lipinski definition) is 2. The van der Waals surface area contributed by atoms with Crippen molar-refractivity contribution in [3.63, 3.8) is 0 Å². The first-order valence-corrected chi connectivity index (χ1v) is 22.1. The molecule has 0 saturated heterocycles. The van der Waals surface area contributed by atoms with Crippen LogP contribution in [0.1, 0.15) is 176 Å². The molecular weight excluding hydrogens is 689 g/mol. The van der Waals surface area contributed by atoms with E-state index < -0.39 is 17.4 Å². The summed E-state index contributed by atoms with van der Waals surface area (Å²) >= 11 is 0. The second-order valence-corrected chi connectivity index (χ2v) is 17.3. The third-order valence-corrected chi connectivity index (χ3v) is 13.3. The SMILES string of the molecule is CCCCCCCCC1(CCCCCCCC)c2cc(C)ccc2-c2ccc(-c3ccc4c(c3)C(CCCC(=O)O)(CCCC(=O)O)c3cc(C)ccc3-4)cc21. The predicted octanol–water partition coefficient (Wildman–Crippen LogP) is 14.5. The summed E-state index contributed by atoms with van der Waals surface area (Å²) in [5, 5.41) is 19.3. The zero-order valence-electron chi connectivity index (χ0n) is 34.8. The van der Waals surface area contributed by atoms with Crippen LogP contribution in [0.15, 0.2) is 72.8 Å². The van der Waals surface area contributed by atoms with Gasteiger partial charge in [0.2, 0.25) is 0 Å². The summed E-state index contributed by atoms with van der Waals surface area (Å²) < 4.78 is 0. The second kappa shape index (κ2) is 18.8. The molecule has 2 N–H and O–H groups in total. The minimum absolute atomic E-state index is 0.00980. The number of carboxylic acid groups (broad SMARTS) is 2. The monoisotopic (exact) mass is 754 g/mol. The van der Waals surface area contributed by atoms with Crippen LogP contribution in [-0.2, 0) is 20.4 Å². The quantitative estimate of drug-likeness (QED) is 0.0740. The Bertz CT molecular complexity index is 1950. The molecular formula is C52H66O4. The predicted molar refractivity (Wildman–Crippen MR) is 233 cm³/mol. The van der Waals surface area contributed by atoms with E-state index in [2.05, 4.69) is 100 Å². The lowest BCUT2D eigenvalue weighted by molar-refractivity contribution is -0.138. The van der Waals surface area contributed by atoms with Crippen LogP contribution in [-0.4, -0.2) is 22.2 Å². The number of carbonyl (C=O) groups is 2. The van der Waals surface area contributed by atoms with E-state index in [9.17, 15) is 19.8 Å². The third-order valence-electron chi connectivity index (χ3n) is 13.3. The Kier molecular flexibility index (Phi) is 13.9. The van der Waals surface area contributed by atoms with Gasteiger partial charge in [0, 0.05) is 23.7 Å². The van der Waals surface area contributed by atoms with E-state index in [1.54, 1.807) is 0 Å². The lowest BCUT2D eigenvalue weighted by Crippen LogP contribution is -2.26. The maximum absolute atomic E-state index is 11.8. The van der Waals surface area contributed by atoms with Crippen LogP contribution in [0.5, 0.6) is 0 Å². The average molecular weight is 755 g/mol. The molecule has 0 heterocycles. The van der Waals surface area contributed by atoms with Crippen LogP contribution in [0.4, 0.5) is 0 Å². The molecule has 0 aliphatic heterocycles. The van der Waals surface area contributed by atoms with Gasteiger partial charge >= 0.3 is 11.9 Å². The maximum Gasteiger partial charge on any atom is 0.303 e. The third kappa shape index (κ3) is 8.85. The van der Waals surface area contributed by atoms with Gasteiger partial charge in [0.1, 0.15) is 0 Å². The second-order valence-electron chi connectivity index (χ2n) is 17.3. The van der Waals surface area contributed by atoms with Crippen LogP contribution >= 0.6 is 0 Å². The highest BCUT2D eigenvalue weighted by Crippen LogP contribution is 2.57. The van der Waals surface area contributed by atoms with Crippen LogP contribution in [0.25, 0.3) is 33.4 Å². The first kappa shape index (κ1) is 41.5. The van der Waals surface area contributed by atoms with Gasteiger partial charge in [-0.15, -0.1) is 0 Å². The molecule has 4 aromatic carbocycles. The van der Waals surface area contributed by atoms with E-state index in [0.717, 1.165) is 5.56 Å². The van der Waals surface area contributed by atoms with E-state index in [1.807, 2.05) is 0 Å². The topological polar surface area (TPSA) is 74.6 Å². The Labute approximate surface area is 337 Å². The van der Waals surface area contributed by atoms with Gasteiger partial charge in [0.05, 0.1) is 0 Å². The van der Waals surface area contributed by atoms with Crippen molar-refractivity contribution in [2.45, 2.75) is 167 Å². The highest BCUT2D eigenvalue weighted by molar-refractivity contribution is 5.87. The molecule has 298 valence electrons. The Morgan fingerprint density at radius 1 is 0.429 bits per heavy atom. The number of benzene rings is 4. The zero-order valence-corrected chi connectivity index (χ0v) is 34.8. The summed E-state index contributed by atoms with van der Waals surface area (Å²) in [6, 6.07) is 28.0. The molecule has 0 saturated carbocycles. The summed E-state index contributed by atoms with van der Waals surface area (Å²) in [5.41, 5.74) is 15.1. The molecule has 4 heteroatoms. The van der Waals surface area contributed by atoms with Gasteiger partial charge in [0.25, 0.3) is 0 Å². The van der Waals surface area contributed by atoms with Gasteiger partial charge in [-0.1, -0.05) is 163 Å². The minimum Gasteiger partial charge on any atom is -0.481 e. The Morgan fingerprint density at radius 2 is 0.750 bits per heavy atom. The van der Waals surface area contributed by atoms with Crippen LogP contribution in [0, 0.1) is 13.8 Å². The molecule has 6 rings (SSSR count). The molecule has 0 unspecified atom stereocenters. The normalized spacial score (nSPS) is 14.3. The Hall–Kier alpha value is -4.18. The molecule has 0 fully saturated rings. The van der Waals surface area contributed by atoms with Crippen molar-refractivity contribution >= 4 is 11.9 Å². The molecule has 0 aromatic heterocycles. The number of hydrogen-bond donors (Lipinski definition) is 2. The Balaban J connectivity index is 1.44. The zero-order chi connectivity index (χ0) is 39.7. The molecule has 56 heavy (non-hydrogen) atoms. The molecule has 2 aliphatic rings. The van der Waals surface area contributed by atoms with Crippen LogP contribution in [0.3, 0.4) is 0 Å². The van der Waals surface area contributed by atoms with Crippen molar-refractivity contribution in [2.24, 2.45) is 0 Å². The first-order valence-electron chi connectivity index (χ1n) is 22.1. The fourth-order valence-corrected chi connectivity index (χ4v) is 10.4. The van der Waals surface area contributed by atoms with E-state index in [0.29, 0.717) is 25.7 Å². The largest absolute Gasteiger partial charge is 0.481 e. The lowest BCUT2D eigenvalue weighted by Gasteiger charge is -2.34. The van der Waals surface area contributed by atoms with Crippen molar-refractivity contribution < 1.29 is 19.8 Å². The summed E-state index contributed by atoms with van der Waals surface area (Å²) in [6.07, 6.45) is 20.5. The molecule has 0 amide bonds. The maximum atomic E-state index is 11.8. The molecule has 0 atom stereocenters. The van der Waals surface area contributed by atoms with Gasteiger partial charge in [-0.25, -0.2) is 0 Å². The van der Waals surface area contributed by atoms with Crippen molar-refractivity contribution in [2.75, 3.05) is 0 Å². The number of fused-ring (bicyclic) bond motifs is 6. The van der Waals surface area contributed by atoms with Gasteiger partial charge in [-0.05, 0) is 120 Å². The minimum atomic E-state index is -0.790. The fraction of sp³-hybridized carbons (Fsp3) is 0.500. The van der Waals surface area contributed by atoms with Crippen molar-refractivity contribution in [1.82, 2.24) is 0 Å². The van der Waals surface area contributed by atoms with Crippen LogP contribution < -0.4 is 0 Å². The van der Waals surface area contributed by atoms with Crippen molar-refractivity contribution in [1.29, 1.82) is 0 Å². The van der Waals surface area contributed by atoms with E-state index >= 15 is 0 Å². The van der Waals surface area contributed by atoms with Crippen LogP contribution in [0.2, 0.25) is 0 Å². The number of unbranched alkanes of at least 4 members (excludes halogenated alkanes) is 10. The Morgan fingerprint density at radius 3 is 1.12 bits per heavy atom. The standard InChI is InChI=1S/C52H66O4/c1-5-7-9-11-13-15-29-51(30-16-14-12-10-8-6-2)45-33-37(3)21-25-41(45)43-27-23-39(35-47(43)51)40-24-28-44-42-26-22-38(4)34-46(42)52(48(44)36-40,31-17-19-49(53)54)32-18-20-50(55)56/h21-28,33-36H,5-20,29-32H2,1-4H3,(H,53,54)(H,55,56). The van der Waals surface area contributed by atoms with Crippen molar-refractivity contribution in [3.05, 3.63) is 106 Å². The van der Waals surface area contributed by atoms with Gasteiger partial charge < -0.3 is 10.2 Å². The summed E-state index contributed by atoms with van der Waals surface area (Å²) in [6.45, 7) is 8.95. The highest BCUT2D eigenvalue weighted by Gasteiger charge is 2.44. The number of aryl methyl sites for hydroxylation is 2. The van der Waals surface area contributed by atoms with Gasteiger partial charge in [-0.2, -0.15) is 0 Å². The molecule has 0 radical (unpaired) electrons. The van der Waals surface area contributed by atoms with Crippen molar-refractivity contribution in [3.8, 4) is 33.4 Å². The first-order chi connectivity index (χ1) is 27.1. The summed E-state index contributed by atoms with van der Waals surface area (Å²) in [7, 11) is 0. The van der Waals surface area contributed by atoms with E-state index in [4.69, 9.17) is 0 Å². The number of carboxylic acids is 2. The molecule has 4 aromatic rings. The lowest BCUT2D eigenvalue weighted by atomic mass is 9.69. The summed E-state index contributed by atoms with van der Waals surface area (Å²) in [5.74, 6) is -1.58. The number of rotatable bonds is 23. The van der Waals surface area contributed by atoms with E-state index in [1.165, 1.54) is 151 Å². The average Bonchev–Trinajstić information content (AvgIpc) is 3.59. The molecule has 0 spiro atoms. The highest BCUT2D eigenvalue weighted by atomic mass is 16.4. The number of aliphatic carboxylic acids is 2. The molecule has 0 bridgehead atoms. The fourth-order valence-electron chi connectivity index (χ4n) is 10.4. The smallest absolute Gasteiger partial charge is 0.303 e. The van der Waals surface area contributed by atoms with Gasteiger partial charge in [-0.3, -0.25) is 9.59 Å². The molecule has 4 nitrogen and oxygen atoms in total.